The van der Waals surface area contributed by atoms with Crippen LogP contribution in [0.2, 0.25) is 0 Å². The number of halogens is 2. The average Bonchev–Trinajstić information content (AvgIpc) is 2.52. The molecule has 6 heteroatoms. The molecule has 3 N–H and O–H groups in total. The zero-order valence-electron chi connectivity index (χ0n) is 14.1. The van der Waals surface area contributed by atoms with Gasteiger partial charge in [-0.15, -0.1) is 0 Å². The second kappa shape index (κ2) is 7.88. The predicted octanol–water partition coefficient (Wildman–Crippen LogP) is 2.34. The molecule has 2 aromatic rings. The van der Waals surface area contributed by atoms with Gasteiger partial charge in [0, 0.05) is 12.5 Å². The first kappa shape index (κ1) is 18.6. The lowest BCUT2D eigenvalue weighted by Gasteiger charge is -2.18. The smallest absolute Gasteiger partial charge is 0.240 e. The Labute approximate surface area is 145 Å². The van der Waals surface area contributed by atoms with Crippen molar-refractivity contribution >= 4 is 11.8 Å². The molecule has 4 nitrogen and oxygen atoms in total. The molecule has 2 amide bonds. The maximum atomic E-state index is 13.6. The van der Waals surface area contributed by atoms with Crippen molar-refractivity contribution in [3.8, 4) is 0 Å². The Balaban J connectivity index is 2.11. The van der Waals surface area contributed by atoms with Gasteiger partial charge in [-0.25, -0.2) is 8.78 Å². The molecule has 0 aliphatic rings. The molecular formula is C19H20F2N2O2. The van der Waals surface area contributed by atoms with Crippen LogP contribution >= 0.6 is 0 Å². The molecule has 0 aliphatic heterocycles. The standard InChI is InChI=1S/C19H20F2N2O2/c1-11-4-3-5-12(2)15(11)10-17(19(22)25)23-18(24)8-13-6-7-14(20)9-16(13)21/h3-7,9,17H,8,10H2,1-2H3,(H2,22,25)(H,23,24)/t17-/m0/s1. The van der Waals surface area contributed by atoms with E-state index < -0.39 is 29.5 Å². The monoisotopic (exact) mass is 346 g/mol. The predicted molar refractivity (Wildman–Crippen MR) is 90.8 cm³/mol. The van der Waals surface area contributed by atoms with E-state index in [9.17, 15) is 18.4 Å². The molecule has 0 fully saturated rings. The van der Waals surface area contributed by atoms with Gasteiger partial charge in [0.25, 0.3) is 0 Å². The third-order valence-electron chi connectivity index (χ3n) is 4.10. The van der Waals surface area contributed by atoms with Gasteiger partial charge in [0.1, 0.15) is 17.7 Å². The average molecular weight is 346 g/mol. The van der Waals surface area contributed by atoms with Gasteiger partial charge in [-0.05, 0) is 42.2 Å². The van der Waals surface area contributed by atoms with Crippen LogP contribution in [0.5, 0.6) is 0 Å². The second-order valence-electron chi connectivity index (χ2n) is 6.01. The molecule has 0 radical (unpaired) electrons. The van der Waals surface area contributed by atoms with Crippen LogP contribution in [-0.4, -0.2) is 17.9 Å². The van der Waals surface area contributed by atoms with Crippen molar-refractivity contribution in [1.29, 1.82) is 0 Å². The van der Waals surface area contributed by atoms with Crippen LogP contribution in [0.25, 0.3) is 0 Å². The van der Waals surface area contributed by atoms with Crippen molar-refractivity contribution in [3.05, 3.63) is 70.3 Å². The number of nitrogens with one attached hydrogen (secondary N) is 1. The Morgan fingerprint density at radius 3 is 2.32 bits per heavy atom. The van der Waals surface area contributed by atoms with Crippen LogP contribution in [0.15, 0.2) is 36.4 Å². The van der Waals surface area contributed by atoms with E-state index in [1.54, 1.807) is 0 Å². The molecule has 2 rings (SSSR count). The first-order chi connectivity index (χ1) is 11.8. The molecule has 0 aromatic heterocycles. The van der Waals surface area contributed by atoms with Gasteiger partial charge in [-0.3, -0.25) is 9.59 Å². The molecule has 0 spiro atoms. The fourth-order valence-corrected chi connectivity index (χ4v) is 2.68. The first-order valence-corrected chi connectivity index (χ1v) is 7.85. The molecule has 1 atom stereocenters. The Bertz CT molecular complexity index is 786. The van der Waals surface area contributed by atoms with E-state index in [0.717, 1.165) is 22.8 Å². The molecule has 0 saturated heterocycles. The number of nitrogens with two attached hydrogens (primary N) is 1. The lowest BCUT2D eigenvalue weighted by Crippen LogP contribution is -2.46. The molecule has 0 saturated carbocycles. The van der Waals surface area contributed by atoms with E-state index in [-0.39, 0.29) is 18.4 Å². The van der Waals surface area contributed by atoms with E-state index in [1.165, 1.54) is 6.07 Å². The van der Waals surface area contributed by atoms with Gasteiger partial charge >= 0.3 is 0 Å². The van der Waals surface area contributed by atoms with Gasteiger partial charge in [-0.2, -0.15) is 0 Å². The molecule has 132 valence electrons. The van der Waals surface area contributed by atoms with E-state index in [2.05, 4.69) is 5.32 Å². The minimum absolute atomic E-state index is 0.0502. The van der Waals surface area contributed by atoms with Crippen LogP contribution in [0.3, 0.4) is 0 Å². The highest BCUT2D eigenvalue weighted by Gasteiger charge is 2.21. The normalized spacial score (nSPS) is 11.8. The number of rotatable bonds is 6. The highest BCUT2D eigenvalue weighted by atomic mass is 19.1. The van der Waals surface area contributed by atoms with Crippen molar-refractivity contribution in [2.45, 2.75) is 32.7 Å². The van der Waals surface area contributed by atoms with Gasteiger partial charge in [0.2, 0.25) is 11.8 Å². The molecule has 0 heterocycles. The second-order valence-corrected chi connectivity index (χ2v) is 6.01. The Morgan fingerprint density at radius 1 is 1.12 bits per heavy atom. The quantitative estimate of drug-likeness (QED) is 0.843. The molecule has 0 bridgehead atoms. The minimum atomic E-state index is -0.907. The summed E-state index contributed by atoms with van der Waals surface area (Å²) in [6.45, 7) is 3.83. The summed E-state index contributed by atoms with van der Waals surface area (Å²) < 4.78 is 26.6. The van der Waals surface area contributed by atoms with Crippen molar-refractivity contribution in [2.24, 2.45) is 5.73 Å². The van der Waals surface area contributed by atoms with Gasteiger partial charge < -0.3 is 11.1 Å². The molecule has 0 aliphatic carbocycles. The van der Waals surface area contributed by atoms with E-state index in [0.29, 0.717) is 6.07 Å². The number of carbonyl (C=O) groups excluding carboxylic acids is 2. The van der Waals surface area contributed by atoms with E-state index in [4.69, 9.17) is 5.73 Å². The summed E-state index contributed by atoms with van der Waals surface area (Å²) in [4.78, 5) is 23.9. The summed E-state index contributed by atoms with van der Waals surface area (Å²) >= 11 is 0. The number of amides is 2. The molecule has 0 unspecified atom stereocenters. The number of primary amides is 1. The third-order valence-corrected chi connectivity index (χ3v) is 4.10. The van der Waals surface area contributed by atoms with Crippen LogP contribution in [0.1, 0.15) is 22.3 Å². The zero-order chi connectivity index (χ0) is 18.6. The Hall–Kier alpha value is -2.76. The van der Waals surface area contributed by atoms with Crippen molar-refractivity contribution < 1.29 is 18.4 Å². The van der Waals surface area contributed by atoms with Gasteiger partial charge in [0.05, 0.1) is 6.42 Å². The highest BCUT2D eigenvalue weighted by molar-refractivity contribution is 5.87. The maximum Gasteiger partial charge on any atom is 0.240 e. The summed E-state index contributed by atoms with van der Waals surface area (Å²) in [7, 11) is 0. The van der Waals surface area contributed by atoms with E-state index >= 15 is 0 Å². The number of carbonyl (C=O) groups is 2. The van der Waals surface area contributed by atoms with Crippen LogP contribution < -0.4 is 11.1 Å². The summed E-state index contributed by atoms with van der Waals surface area (Å²) in [6.07, 6.45) is -0.0475. The maximum absolute atomic E-state index is 13.6. The first-order valence-electron chi connectivity index (χ1n) is 7.85. The SMILES string of the molecule is Cc1cccc(C)c1C[C@H](NC(=O)Cc1ccc(F)cc1F)C(N)=O. The number of aryl methyl sites for hydroxylation is 2. The van der Waals surface area contributed by atoms with Crippen LogP contribution in [0, 0.1) is 25.5 Å². The summed E-state index contributed by atoms with van der Waals surface area (Å²) in [5.41, 5.74) is 8.36. The van der Waals surface area contributed by atoms with Gasteiger partial charge in [0.15, 0.2) is 0 Å². The fraction of sp³-hybridized carbons (Fsp3) is 0.263. The highest BCUT2D eigenvalue weighted by Crippen LogP contribution is 2.16. The lowest BCUT2D eigenvalue weighted by molar-refractivity contribution is -0.127. The minimum Gasteiger partial charge on any atom is -0.368 e. The van der Waals surface area contributed by atoms with Crippen molar-refractivity contribution in [1.82, 2.24) is 5.32 Å². The molecule has 2 aromatic carbocycles. The topological polar surface area (TPSA) is 72.2 Å². The Morgan fingerprint density at radius 2 is 1.76 bits per heavy atom. The van der Waals surface area contributed by atoms with Crippen LogP contribution in [0.4, 0.5) is 8.78 Å². The molecule has 25 heavy (non-hydrogen) atoms. The summed E-state index contributed by atoms with van der Waals surface area (Å²) in [5.74, 6) is -2.75. The Kier molecular flexibility index (Phi) is 5.85. The largest absolute Gasteiger partial charge is 0.368 e. The van der Waals surface area contributed by atoms with Gasteiger partial charge in [-0.1, -0.05) is 24.3 Å². The third kappa shape index (κ3) is 4.86. The fourth-order valence-electron chi connectivity index (χ4n) is 2.68. The zero-order valence-corrected chi connectivity index (χ0v) is 14.1. The lowest BCUT2D eigenvalue weighted by atomic mass is 9.96. The van der Waals surface area contributed by atoms with Crippen LogP contribution in [-0.2, 0) is 22.4 Å². The summed E-state index contributed by atoms with van der Waals surface area (Å²) in [5, 5.41) is 2.54. The summed E-state index contributed by atoms with van der Waals surface area (Å²) in [6, 6.07) is 7.82. The number of hydrogen-bond acceptors (Lipinski definition) is 2. The molecular weight excluding hydrogens is 326 g/mol. The number of benzene rings is 2. The number of hydrogen-bond donors (Lipinski definition) is 2. The van der Waals surface area contributed by atoms with E-state index in [1.807, 2.05) is 32.0 Å². The van der Waals surface area contributed by atoms with Crippen molar-refractivity contribution in [2.75, 3.05) is 0 Å². The van der Waals surface area contributed by atoms with Crippen molar-refractivity contribution in [3.63, 3.8) is 0 Å².